The average Bonchev–Trinajstić information content (AvgIpc) is 3.05. The number of hydrogen-bond acceptors (Lipinski definition) is 6. The van der Waals surface area contributed by atoms with Gasteiger partial charge in [0.05, 0.1) is 33.0 Å². The molecule has 0 bridgehead atoms. The van der Waals surface area contributed by atoms with E-state index in [1.54, 1.807) is 17.0 Å². The number of methoxy groups -OCH3 is 2. The maximum absolute atomic E-state index is 12.6. The lowest BCUT2D eigenvalue weighted by molar-refractivity contribution is 0.212. The van der Waals surface area contributed by atoms with Crippen molar-refractivity contribution in [3.05, 3.63) is 35.4 Å². The first kappa shape index (κ1) is 17.9. The molecule has 2 aromatic heterocycles. The van der Waals surface area contributed by atoms with E-state index in [-0.39, 0.29) is 6.03 Å². The Kier molecular flexibility index (Phi) is 5.20. The van der Waals surface area contributed by atoms with Crippen LogP contribution in [0.2, 0.25) is 0 Å². The Bertz CT molecular complexity index is 809. The summed E-state index contributed by atoms with van der Waals surface area (Å²) in [5.41, 5.74) is 2.37. The quantitative estimate of drug-likeness (QED) is 0.885. The Labute approximate surface area is 152 Å². The summed E-state index contributed by atoms with van der Waals surface area (Å²) in [4.78, 5) is 27.5. The second-order valence-corrected chi connectivity index (χ2v) is 6.55. The summed E-state index contributed by atoms with van der Waals surface area (Å²) in [6.45, 7) is 5.20. The molecule has 3 rings (SSSR count). The number of fused-ring (bicyclic) bond motifs is 1. The SMILES string of the molecule is COc1ccc(NC(=O)N2Cc3cnc(CC(C)C)nc3C2)c(OC)n1. The highest BCUT2D eigenvalue weighted by Gasteiger charge is 2.26. The number of ether oxygens (including phenoxy) is 2. The molecule has 0 aromatic carbocycles. The molecule has 0 fully saturated rings. The first-order valence-electron chi connectivity index (χ1n) is 8.48. The zero-order valence-corrected chi connectivity index (χ0v) is 15.4. The van der Waals surface area contributed by atoms with E-state index in [0.717, 1.165) is 23.5 Å². The molecule has 0 aliphatic carbocycles. The normalized spacial score (nSPS) is 12.9. The number of aromatic nitrogens is 3. The van der Waals surface area contributed by atoms with E-state index in [9.17, 15) is 4.79 Å². The van der Waals surface area contributed by atoms with Gasteiger partial charge in [-0.05, 0) is 12.0 Å². The van der Waals surface area contributed by atoms with Gasteiger partial charge in [0.2, 0.25) is 11.8 Å². The van der Waals surface area contributed by atoms with Gasteiger partial charge in [0.25, 0.3) is 0 Å². The third-order valence-electron chi connectivity index (χ3n) is 4.06. The van der Waals surface area contributed by atoms with E-state index in [1.165, 1.54) is 14.2 Å². The fourth-order valence-electron chi connectivity index (χ4n) is 2.78. The molecule has 26 heavy (non-hydrogen) atoms. The van der Waals surface area contributed by atoms with Crippen molar-refractivity contribution >= 4 is 11.7 Å². The number of urea groups is 1. The van der Waals surface area contributed by atoms with Crippen LogP contribution in [-0.4, -0.2) is 40.1 Å². The van der Waals surface area contributed by atoms with Crippen LogP contribution in [0.1, 0.15) is 30.9 Å². The van der Waals surface area contributed by atoms with E-state index < -0.39 is 0 Å². The maximum Gasteiger partial charge on any atom is 0.322 e. The molecular weight excluding hydrogens is 334 g/mol. The van der Waals surface area contributed by atoms with Gasteiger partial charge in [-0.25, -0.2) is 14.8 Å². The lowest BCUT2D eigenvalue weighted by Gasteiger charge is -2.17. The number of amides is 2. The monoisotopic (exact) mass is 357 g/mol. The summed E-state index contributed by atoms with van der Waals surface area (Å²) in [6.07, 6.45) is 2.65. The Morgan fingerprint density at radius 1 is 1.23 bits per heavy atom. The fraction of sp³-hybridized carbons (Fsp3) is 0.444. The van der Waals surface area contributed by atoms with E-state index >= 15 is 0 Å². The molecule has 1 aliphatic rings. The number of carbonyl (C=O) groups is 1. The topological polar surface area (TPSA) is 89.5 Å². The predicted octanol–water partition coefficient (Wildman–Crippen LogP) is 2.64. The van der Waals surface area contributed by atoms with Gasteiger partial charge in [-0.1, -0.05) is 13.8 Å². The Hall–Kier alpha value is -2.90. The molecule has 1 aliphatic heterocycles. The number of nitrogens with zero attached hydrogens (tertiary/aromatic N) is 4. The van der Waals surface area contributed by atoms with Gasteiger partial charge >= 0.3 is 6.03 Å². The van der Waals surface area contributed by atoms with E-state index in [4.69, 9.17) is 9.47 Å². The molecule has 8 heteroatoms. The number of pyridine rings is 1. The number of nitrogens with one attached hydrogen (secondary N) is 1. The standard InChI is InChI=1S/C18H23N5O3/c1-11(2)7-15-19-8-12-9-23(10-14(12)20-15)18(24)21-13-5-6-16(25-3)22-17(13)26-4/h5-6,8,11H,7,9-10H2,1-4H3,(H,21,24). The van der Waals surface area contributed by atoms with Crippen LogP contribution in [0.5, 0.6) is 11.8 Å². The third-order valence-corrected chi connectivity index (χ3v) is 4.06. The highest BCUT2D eigenvalue weighted by molar-refractivity contribution is 5.90. The maximum atomic E-state index is 12.6. The number of hydrogen-bond donors (Lipinski definition) is 1. The average molecular weight is 357 g/mol. The molecule has 3 heterocycles. The Morgan fingerprint density at radius 2 is 2.04 bits per heavy atom. The molecule has 0 saturated heterocycles. The molecule has 8 nitrogen and oxygen atoms in total. The van der Waals surface area contributed by atoms with E-state index in [1.807, 2.05) is 6.20 Å². The second-order valence-electron chi connectivity index (χ2n) is 6.55. The number of rotatable bonds is 5. The van der Waals surface area contributed by atoms with Crippen LogP contribution in [0.15, 0.2) is 18.3 Å². The molecule has 0 spiro atoms. The predicted molar refractivity (Wildman–Crippen MR) is 96.2 cm³/mol. The van der Waals surface area contributed by atoms with Crippen molar-refractivity contribution in [2.45, 2.75) is 33.4 Å². The molecule has 1 N–H and O–H groups in total. The zero-order chi connectivity index (χ0) is 18.7. The minimum atomic E-state index is -0.237. The summed E-state index contributed by atoms with van der Waals surface area (Å²) in [6, 6.07) is 3.13. The van der Waals surface area contributed by atoms with Gasteiger partial charge in [0.15, 0.2) is 0 Å². The highest BCUT2D eigenvalue weighted by atomic mass is 16.5. The van der Waals surface area contributed by atoms with Crippen LogP contribution >= 0.6 is 0 Å². The molecule has 2 amide bonds. The van der Waals surface area contributed by atoms with Crippen LogP contribution in [0, 0.1) is 5.92 Å². The van der Waals surface area contributed by atoms with Gasteiger partial charge in [-0.3, -0.25) is 0 Å². The van der Waals surface area contributed by atoms with Crippen LogP contribution in [-0.2, 0) is 19.5 Å². The Morgan fingerprint density at radius 3 is 2.73 bits per heavy atom. The van der Waals surface area contributed by atoms with Crippen LogP contribution in [0.25, 0.3) is 0 Å². The van der Waals surface area contributed by atoms with Crippen molar-refractivity contribution in [3.8, 4) is 11.8 Å². The van der Waals surface area contributed by atoms with Gasteiger partial charge in [-0.2, -0.15) is 4.98 Å². The van der Waals surface area contributed by atoms with Crippen molar-refractivity contribution in [2.75, 3.05) is 19.5 Å². The minimum absolute atomic E-state index is 0.237. The third kappa shape index (κ3) is 3.84. The zero-order valence-electron chi connectivity index (χ0n) is 15.4. The molecule has 2 aromatic rings. The summed E-state index contributed by atoms with van der Waals surface area (Å²) < 4.78 is 10.3. The minimum Gasteiger partial charge on any atom is -0.481 e. The molecular formula is C18H23N5O3. The van der Waals surface area contributed by atoms with Gasteiger partial charge in [-0.15, -0.1) is 0 Å². The molecule has 0 atom stereocenters. The van der Waals surface area contributed by atoms with Gasteiger partial charge in [0, 0.05) is 24.2 Å². The lowest BCUT2D eigenvalue weighted by atomic mass is 10.1. The van der Waals surface area contributed by atoms with Crippen molar-refractivity contribution in [1.82, 2.24) is 19.9 Å². The largest absolute Gasteiger partial charge is 0.481 e. The smallest absolute Gasteiger partial charge is 0.322 e. The second kappa shape index (κ2) is 7.55. The van der Waals surface area contributed by atoms with Gasteiger partial charge < -0.3 is 19.7 Å². The van der Waals surface area contributed by atoms with E-state index in [2.05, 4.69) is 34.1 Å². The van der Waals surface area contributed by atoms with E-state index in [0.29, 0.717) is 36.5 Å². The fourth-order valence-corrected chi connectivity index (χ4v) is 2.78. The van der Waals surface area contributed by atoms with Gasteiger partial charge in [0.1, 0.15) is 11.5 Å². The first-order valence-corrected chi connectivity index (χ1v) is 8.48. The first-order chi connectivity index (χ1) is 12.5. The molecule has 138 valence electrons. The van der Waals surface area contributed by atoms with Crippen molar-refractivity contribution in [1.29, 1.82) is 0 Å². The molecule has 0 unspecified atom stereocenters. The van der Waals surface area contributed by atoms with Crippen molar-refractivity contribution < 1.29 is 14.3 Å². The molecule has 0 radical (unpaired) electrons. The number of carbonyl (C=O) groups excluding carboxylic acids is 1. The summed E-state index contributed by atoms with van der Waals surface area (Å²) in [5.74, 6) is 2.03. The van der Waals surface area contributed by atoms with Crippen LogP contribution in [0.4, 0.5) is 10.5 Å². The van der Waals surface area contributed by atoms with Crippen molar-refractivity contribution in [3.63, 3.8) is 0 Å². The van der Waals surface area contributed by atoms with Crippen LogP contribution in [0.3, 0.4) is 0 Å². The summed E-state index contributed by atoms with van der Waals surface area (Å²) in [5, 5.41) is 2.83. The summed E-state index contributed by atoms with van der Waals surface area (Å²) in [7, 11) is 3.02. The Balaban J connectivity index is 1.70. The lowest BCUT2D eigenvalue weighted by Crippen LogP contribution is -2.30. The molecule has 0 saturated carbocycles. The number of anilines is 1. The highest BCUT2D eigenvalue weighted by Crippen LogP contribution is 2.27. The van der Waals surface area contributed by atoms with Crippen LogP contribution < -0.4 is 14.8 Å². The summed E-state index contributed by atoms with van der Waals surface area (Å²) >= 11 is 0. The van der Waals surface area contributed by atoms with Crippen molar-refractivity contribution in [2.24, 2.45) is 5.92 Å².